The molecule has 24 heavy (non-hydrogen) atoms. The van der Waals surface area contributed by atoms with Gasteiger partial charge in [-0.25, -0.2) is 4.39 Å². The van der Waals surface area contributed by atoms with Gasteiger partial charge in [-0.3, -0.25) is 14.3 Å². The maximum atomic E-state index is 14.2. The standard InChI is InChI=1S/C14H14ClFN4O4/c1-3-14(15)9(22)8(5(2)21)24-12(14)20-4-6(16)7-10(20)18-13(17)19-11(7)23/h1,4-5,8-9,12,21-22H,2H3,(H3,17,18,19,23)/t5-,8-,9+,12-,14?/m1/s1. The van der Waals surface area contributed by atoms with Crippen LogP contribution in [0.15, 0.2) is 11.0 Å². The van der Waals surface area contributed by atoms with E-state index < -0.39 is 40.8 Å². The smallest absolute Gasteiger partial charge is 0.264 e. The van der Waals surface area contributed by atoms with Gasteiger partial charge in [0.25, 0.3) is 5.56 Å². The van der Waals surface area contributed by atoms with E-state index in [2.05, 4.69) is 15.9 Å². The number of aromatic amines is 1. The van der Waals surface area contributed by atoms with Crippen LogP contribution in [0, 0.1) is 18.2 Å². The number of aromatic nitrogens is 3. The van der Waals surface area contributed by atoms with Crippen LogP contribution in [0.3, 0.4) is 0 Å². The minimum atomic E-state index is -1.81. The van der Waals surface area contributed by atoms with E-state index in [-0.39, 0.29) is 17.0 Å². The lowest BCUT2D eigenvalue weighted by molar-refractivity contribution is -0.0752. The Kier molecular flexibility index (Phi) is 3.80. The first-order valence-electron chi connectivity index (χ1n) is 6.94. The lowest BCUT2D eigenvalue weighted by atomic mass is 9.97. The van der Waals surface area contributed by atoms with Crippen LogP contribution in [0.25, 0.3) is 11.0 Å². The number of hydrogen-bond donors (Lipinski definition) is 4. The Hall–Kier alpha value is -2.12. The molecular weight excluding hydrogens is 343 g/mol. The Morgan fingerprint density at radius 1 is 1.71 bits per heavy atom. The quantitative estimate of drug-likeness (QED) is 0.432. The number of H-pyrrole nitrogens is 1. The van der Waals surface area contributed by atoms with Crippen molar-refractivity contribution in [3.63, 3.8) is 0 Å². The number of ether oxygens (including phenoxy) is 1. The van der Waals surface area contributed by atoms with Crippen LogP contribution in [0.4, 0.5) is 10.3 Å². The van der Waals surface area contributed by atoms with E-state index in [0.29, 0.717) is 0 Å². The lowest BCUT2D eigenvalue weighted by Crippen LogP contribution is -2.43. The molecule has 3 heterocycles. The summed E-state index contributed by atoms with van der Waals surface area (Å²) in [5.41, 5.74) is 4.58. The predicted molar refractivity (Wildman–Crippen MR) is 83.7 cm³/mol. The summed E-state index contributed by atoms with van der Waals surface area (Å²) in [4.78, 5) is 16.2. The average Bonchev–Trinajstić information content (AvgIpc) is 2.95. The van der Waals surface area contributed by atoms with Gasteiger partial charge in [0.1, 0.15) is 17.6 Å². The van der Waals surface area contributed by atoms with E-state index in [9.17, 15) is 19.4 Å². The number of nitrogen functional groups attached to an aromatic ring is 1. The zero-order chi connectivity index (χ0) is 17.8. The molecule has 2 aromatic heterocycles. The van der Waals surface area contributed by atoms with Crippen LogP contribution < -0.4 is 11.3 Å². The number of aliphatic hydroxyl groups is 2. The Morgan fingerprint density at radius 3 is 2.96 bits per heavy atom. The summed E-state index contributed by atoms with van der Waals surface area (Å²) in [6.45, 7) is 1.39. The number of fused-ring (bicyclic) bond motifs is 1. The minimum absolute atomic E-state index is 0.141. The van der Waals surface area contributed by atoms with Crippen LogP contribution in [0.1, 0.15) is 13.2 Å². The number of anilines is 1. The van der Waals surface area contributed by atoms with Gasteiger partial charge in [0.2, 0.25) is 5.95 Å². The molecule has 0 aliphatic carbocycles. The summed E-state index contributed by atoms with van der Waals surface area (Å²) >= 11 is 6.32. The largest absolute Gasteiger partial charge is 0.391 e. The van der Waals surface area contributed by atoms with Gasteiger partial charge in [0.05, 0.1) is 6.10 Å². The molecule has 0 radical (unpaired) electrons. The number of hydrogen-bond acceptors (Lipinski definition) is 6. The monoisotopic (exact) mass is 356 g/mol. The van der Waals surface area contributed by atoms with Crippen molar-refractivity contribution in [2.24, 2.45) is 0 Å². The Bertz CT molecular complexity index is 905. The van der Waals surface area contributed by atoms with Gasteiger partial charge in [-0.15, -0.1) is 6.42 Å². The number of nitrogens with one attached hydrogen (secondary N) is 1. The third kappa shape index (κ3) is 2.19. The van der Waals surface area contributed by atoms with Crippen molar-refractivity contribution in [3.8, 4) is 12.3 Å². The number of terminal acetylenes is 1. The third-order valence-corrected chi connectivity index (χ3v) is 4.51. The van der Waals surface area contributed by atoms with Gasteiger partial charge in [0.15, 0.2) is 22.6 Å². The summed E-state index contributed by atoms with van der Waals surface area (Å²) < 4.78 is 20.8. The van der Waals surface area contributed by atoms with Crippen LogP contribution in [0.2, 0.25) is 0 Å². The number of nitrogens with zero attached hydrogens (tertiary/aromatic N) is 2. The second-order valence-electron chi connectivity index (χ2n) is 5.58. The fourth-order valence-corrected chi connectivity index (χ4v) is 3.10. The maximum Gasteiger partial charge on any atom is 0.264 e. The van der Waals surface area contributed by atoms with E-state index in [1.54, 1.807) is 0 Å². The first kappa shape index (κ1) is 16.7. The Morgan fingerprint density at radius 2 is 2.38 bits per heavy atom. The normalized spacial score (nSPS) is 31.2. The minimum Gasteiger partial charge on any atom is -0.391 e. The highest BCUT2D eigenvalue weighted by atomic mass is 35.5. The van der Waals surface area contributed by atoms with Crippen LogP contribution in [-0.4, -0.2) is 47.9 Å². The summed E-state index contributed by atoms with van der Waals surface area (Å²) in [5, 5.41) is 19.7. The zero-order valence-corrected chi connectivity index (χ0v) is 13.2. The van der Waals surface area contributed by atoms with Crippen LogP contribution in [0.5, 0.6) is 0 Å². The highest BCUT2D eigenvalue weighted by Crippen LogP contribution is 2.45. The summed E-state index contributed by atoms with van der Waals surface area (Å²) in [6, 6.07) is 0. The van der Waals surface area contributed by atoms with E-state index in [1.807, 2.05) is 0 Å². The first-order chi connectivity index (χ1) is 11.2. The van der Waals surface area contributed by atoms with Crippen LogP contribution in [-0.2, 0) is 4.74 Å². The first-order valence-corrected chi connectivity index (χ1v) is 7.32. The van der Waals surface area contributed by atoms with Gasteiger partial charge in [-0.05, 0) is 6.92 Å². The molecule has 2 aromatic rings. The molecule has 3 rings (SSSR count). The molecular formula is C14H14ClFN4O4. The van der Waals surface area contributed by atoms with Crippen molar-refractivity contribution in [2.45, 2.75) is 36.3 Å². The van der Waals surface area contributed by atoms with Gasteiger partial charge in [0, 0.05) is 6.20 Å². The molecule has 128 valence electrons. The molecule has 1 saturated heterocycles. The molecule has 1 aliphatic rings. The van der Waals surface area contributed by atoms with E-state index in [4.69, 9.17) is 28.5 Å². The maximum absolute atomic E-state index is 14.2. The molecule has 5 atom stereocenters. The molecule has 8 nitrogen and oxygen atoms in total. The van der Waals surface area contributed by atoms with Gasteiger partial charge in [-0.2, -0.15) is 4.98 Å². The zero-order valence-electron chi connectivity index (χ0n) is 12.4. The van der Waals surface area contributed by atoms with Crippen molar-refractivity contribution < 1.29 is 19.3 Å². The summed E-state index contributed by atoms with van der Waals surface area (Å²) in [7, 11) is 0. The van der Waals surface area contributed by atoms with E-state index >= 15 is 0 Å². The van der Waals surface area contributed by atoms with Crippen LogP contribution >= 0.6 is 11.6 Å². The molecule has 10 heteroatoms. The Balaban J connectivity index is 2.24. The average molecular weight is 357 g/mol. The second-order valence-corrected chi connectivity index (χ2v) is 6.21. The van der Waals surface area contributed by atoms with Crippen molar-refractivity contribution in [2.75, 3.05) is 5.73 Å². The van der Waals surface area contributed by atoms with Gasteiger partial charge >= 0.3 is 0 Å². The molecule has 1 fully saturated rings. The third-order valence-electron chi connectivity index (χ3n) is 3.99. The second kappa shape index (κ2) is 5.46. The van der Waals surface area contributed by atoms with Crippen molar-refractivity contribution in [3.05, 3.63) is 22.4 Å². The molecule has 0 amide bonds. The molecule has 5 N–H and O–H groups in total. The number of nitrogens with two attached hydrogens (primary N) is 1. The van der Waals surface area contributed by atoms with E-state index in [0.717, 1.165) is 10.8 Å². The SMILES string of the molecule is C#CC1(Cl)[C@@H](O)[C@@H]([C@@H](C)O)O[C@H]1n1cc(F)c2c(=O)[nH]c(N)nc21. The van der Waals surface area contributed by atoms with Crippen molar-refractivity contribution in [1.29, 1.82) is 0 Å². The number of aliphatic hydroxyl groups excluding tert-OH is 2. The number of halogens is 2. The van der Waals surface area contributed by atoms with Crippen molar-refractivity contribution >= 4 is 28.6 Å². The highest BCUT2D eigenvalue weighted by molar-refractivity contribution is 6.27. The molecule has 0 aromatic carbocycles. The summed E-state index contributed by atoms with van der Waals surface area (Å²) in [5.74, 6) is 1.10. The van der Waals surface area contributed by atoms with Gasteiger partial charge < -0.3 is 20.7 Å². The number of alkyl halides is 1. The molecule has 0 saturated carbocycles. The molecule has 1 unspecified atom stereocenters. The van der Waals surface area contributed by atoms with Gasteiger partial charge in [-0.1, -0.05) is 17.5 Å². The topological polar surface area (TPSA) is 126 Å². The molecule has 0 spiro atoms. The molecule has 1 aliphatic heterocycles. The highest BCUT2D eigenvalue weighted by Gasteiger charge is 2.57. The molecule has 0 bridgehead atoms. The lowest BCUT2D eigenvalue weighted by Gasteiger charge is -2.25. The fourth-order valence-electron chi connectivity index (χ4n) is 2.82. The van der Waals surface area contributed by atoms with Crippen molar-refractivity contribution in [1.82, 2.24) is 14.5 Å². The van der Waals surface area contributed by atoms with E-state index in [1.165, 1.54) is 6.92 Å². The Labute approximate surface area is 140 Å². The summed E-state index contributed by atoms with van der Waals surface area (Å²) in [6.07, 6.45) is 1.45. The number of rotatable bonds is 2. The predicted octanol–water partition coefficient (Wildman–Crippen LogP) is -0.304. The fraction of sp³-hybridized carbons (Fsp3) is 0.429.